The van der Waals surface area contributed by atoms with Crippen molar-refractivity contribution in [3.05, 3.63) is 47.0 Å². The number of halogens is 1. The summed E-state index contributed by atoms with van der Waals surface area (Å²) < 4.78 is 0. The molecule has 0 bridgehead atoms. The minimum atomic E-state index is -0.310. The lowest BCUT2D eigenvalue weighted by Gasteiger charge is -2.29. The Kier molecular flexibility index (Phi) is 5.08. The van der Waals surface area contributed by atoms with Gasteiger partial charge in [-0.3, -0.25) is 4.79 Å². The SMILES string of the molecule is O=C(N[C@@H]1C=C[C@H](CO)C1)C1(Cc2cccc(Cl)c2)CCCC1. The molecule has 124 valence electrons. The highest BCUT2D eigenvalue weighted by molar-refractivity contribution is 6.30. The lowest BCUT2D eigenvalue weighted by molar-refractivity contribution is -0.131. The van der Waals surface area contributed by atoms with Crippen molar-refractivity contribution >= 4 is 17.5 Å². The highest BCUT2D eigenvalue weighted by Crippen LogP contribution is 2.41. The van der Waals surface area contributed by atoms with E-state index in [2.05, 4.69) is 11.4 Å². The van der Waals surface area contributed by atoms with Crippen LogP contribution in [0.5, 0.6) is 0 Å². The number of aliphatic hydroxyl groups is 1. The molecule has 0 saturated heterocycles. The number of carbonyl (C=O) groups is 1. The fraction of sp³-hybridized carbons (Fsp3) is 0.526. The number of hydrogen-bond acceptors (Lipinski definition) is 2. The van der Waals surface area contributed by atoms with Crippen molar-refractivity contribution in [3.63, 3.8) is 0 Å². The van der Waals surface area contributed by atoms with Crippen molar-refractivity contribution in [1.29, 1.82) is 0 Å². The van der Waals surface area contributed by atoms with Gasteiger partial charge in [-0.05, 0) is 43.4 Å². The maximum atomic E-state index is 13.0. The quantitative estimate of drug-likeness (QED) is 0.810. The number of carbonyl (C=O) groups excluding carboxylic acids is 1. The van der Waals surface area contributed by atoms with Gasteiger partial charge in [-0.1, -0.05) is 48.7 Å². The Morgan fingerprint density at radius 1 is 1.30 bits per heavy atom. The van der Waals surface area contributed by atoms with Gasteiger partial charge in [0, 0.05) is 23.6 Å². The van der Waals surface area contributed by atoms with Crippen LogP contribution in [-0.2, 0) is 11.2 Å². The molecular weight excluding hydrogens is 310 g/mol. The maximum absolute atomic E-state index is 13.0. The number of rotatable bonds is 5. The van der Waals surface area contributed by atoms with Crippen LogP contribution < -0.4 is 5.32 Å². The molecule has 0 aromatic heterocycles. The van der Waals surface area contributed by atoms with Crippen molar-refractivity contribution < 1.29 is 9.90 Å². The third-order valence-corrected chi connectivity index (χ3v) is 5.43. The Bertz CT molecular complexity index is 593. The molecule has 4 heteroatoms. The van der Waals surface area contributed by atoms with E-state index in [-0.39, 0.29) is 29.9 Å². The minimum absolute atomic E-state index is 0.0523. The van der Waals surface area contributed by atoms with Crippen LogP contribution in [0.3, 0.4) is 0 Å². The molecule has 3 nitrogen and oxygen atoms in total. The maximum Gasteiger partial charge on any atom is 0.227 e. The number of nitrogens with one attached hydrogen (secondary N) is 1. The Morgan fingerprint density at radius 3 is 2.74 bits per heavy atom. The molecule has 1 fully saturated rings. The molecule has 23 heavy (non-hydrogen) atoms. The zero-order valence-electron chi connectivity index (χ0n) is 13.3. The van der Waals surface area contributed by atoms with Gasteiger partial charge in [-0.2, -0.15) is 0 Å². The summed E-state index contributed by atoms with van der Waals surface area (Å²) in [4.78, 5) is 13.0. The fourth-order valence-electron chi connectivity index (χ4n) is 3.91. The average molecular weight is 334 g/mol. The van der Waals surface area contributed by atoms with Crippen LogP contribution in [0, 0.1) is 11.3 Å². The van der Waals surface area contributed by atoms with Crippen LogP contribution in [-0.4, -0.2) is 23.7 Å². The lowest BCUT2D eigenvalue weighted by Crippen LogP contribution is -2.44. The van der Waals surface area contributed by atoms with Crippen molar-refractivity contribution in [2.45, 2.75) is 44.6 Å². The van der Waals surface area contributed by atoms with Crippen LogP contribution in [0.15, 0.2) is 36.4 Å². The summed E-state index contributed by atoms with van der Waals surface area (Å²) in [6.07, 6.45) is 9.65. The summed E-state index contributed by atoms with van der Waals surface area (Å²) in [5, 5.41) is 13.1. The van der Waals surface area contributed by atoms with Gasteiger partial charge in [0.05, 0.1) is 5.41 Å². The van der Waals surface area contributed by atoms with Gasteiger partial charge in [0.1, 0.15) is 0 Å². The van der Waals surface area contributed by atoms with Crippen molar-refractivity contribution in [3.8, 4) is 0 Å². The molecule has 3 rings (SSSR count). The molecule has 1 amide bonds. The smallest absolute Gasteiger partial charge is 0.227 e. The van der Waals surface area contributed by atoms with E-state index in [0.717, 1.165) is 49.1 Å². The molecule has 1 saturated carbocycles. The molecule has 0 spiro atoms. The predicted molar refractivity (Wildman–Crippen MR) is 92.3 cm³/mol. The van der Waals surface area contributed by atoms with E-state index in [4.69, 9.17) is 11.6 Å². The predicted octanol–water partition coefficient (Wildman–Crippen LogP) is 3.50. The van der Waals surface area contributed by atoms with Gasteiger partial charge in [-0.15, -0.1) is 0 Å². The van der Waals surface area contributed by atoms with E-state index in [1.54, 1.807) is 0 Å². The number of aliphatic hydroxyl groups excluding tert-OH is 1. The van der Waals surface area contributed by atoms with E-state index in [1.165, 1.54) is 0 Å². The second kappa shape index (κ2) is 7.06. The van der Waals surface area contributed by atoms with Crippen molar-refractivity contribution in [2.24, 2.45) is 11.3 Å². The van der Waals surface area contributed by atoms with E-state index < -0.39 is 0 Å². The van der Waals surface area contributed by atoms with Gasteiger partial charge < -0.3 is 10.4 Å². The second-order valence-corrected chi connectivity index (χ2v) is 7.37. The molecule has 1 aromatic rings. The lowest BCUT2D eigenvalue weighted by atomic mass is 9.79. The Balaban J connectivity index is 1.70. The first kappa shape index (κ1) is 16.5. The molecule has 0 unspecified atom stereocenters. The third kappa shape index (κ3) is 3.78. The Hall–Kier alpha value is -1.32. The van der Waals surface area contributed by atoms with Crippen LogP contribution in [0.1, 0.15) is 37.7 Å². The zero-order chi connectivity index (χ0) is 16.3. The van der Waals surface area contributed by atoms with E-state index in [1.807, 2.05) is 30.4 Å². The molecule has 0 aliphatic heterocycles. The molecule has 1 aromatic carbocycles. The van der Waals surface area contributed by atoms with Gasteiger partial charge in [0.25, 0.3) is 0 Å². The highest BCUT2D eigenvalue weighted by Gasteiger charge is 2.41. The van der Waals surface area contributed by atoms with Crippen LogP contribution >= 0.6 is 11.6 Å². The Labute approximate surface area is 142 Å². The van der Waals surface area contributed by atoms with E-state index in [9.17, 15) is 9.90 Å². The fourth-order valence-corrected chi connectivity index (χ4v) is 4.12. The summed E-state index contributed by atoms with van der Waals surface area (Å²) in [5.74, 6) is 0.330. The van der Waals surface area contributed by atoms with Gasteiger partial charge in [0.2, 0.25) is 5.91 Å². The minimum Gasteiger partial charge on any atom is -0.396 e. The summed E-state index contributed by atoms with van der Waals surface area (Å²) >= 11 is 6.09. The van der Waals surface area contributed by atoms with Crippen LogP contribution in [0.25, 0.3) is 0 Å². The second-order valence-electron chi connectivity index (χ2n) is 6.94. The van der Waals surface area contributed by atoms with Crippen molar-refractivity contribution in [2.75, 3.05) is 6.61 Å². The topological polar surface area (TPSA) is 49.3 Å². The van der Waals surface area contributed by atoms with Crippen LogP contribution in [0.2, 0.25) is 5.02 Å². The number of hydrogen-bond donors (Lipinski definition) is 2. The van der Waals surface area contributed by atoms with Gasteiger partial charge in [0.15, 0.2) is 0 Å². The third-order valence-electron chi connectivity index (χ3n) is 5.20. The number of benzene rings is 1. The van der Waals surface area contributed by atoms with Crippen molar-refractivity contribution in [1.82, 2.24) is 5.32 Å². The first-order chi connectivity index (χ1) is 11.1. The zero-order valence-corrected chi connectivity index (χ0v) is 14.1. The van der Waals surface area contributed by atoms with Gasteiger partial charge in [-0.25, -0.2) is 0 Å². The largest absolute Gasteiger partial charge is 0.396 e. The van der Waals surface area contributed by atoms with E-state index in [0.29, 0.717) is 0 Å². The molecule has 0 radical (unpaired) electrons. The van der Waals surface area contributed by atoms with E-state index >= 15 is 0 Å². The standard InChI is InChI=1S/C19H24ClNO2/c20-16-5-3-4-14(10-16)12-19(8-1-2-9-19)18(23)21-17-7-6-15(11-17)13-22/h3-7,10,15,17,22H,1-2,8-9,11-13H2,(H,21,23)/t15-,17+/m0/s1. The first-order valence-electron chi connectivity index (χ1n) is 8.46. The molecular formula is C19H24ClNO2. The number of amides is 1. The summed E-state index contributed by atoms with van der Waals surface area (Å²) in [5.41, 5.74) is 0.820. The molecule has 2 aliphatic rings. The monoisotopic (exact) mass is 333 g/mol. The molecule has 2 aliphatic carbocycles. The summed E-state index contributed by atoms with van der Waals surface area (Å²) in [6, 6.07) is 7.88. The van der Waals surface area contributed by atoms with Gasteiger partial charge >= 0.3 is 0 Å². The summed E-state index contributed by atoms with van der Waals surface area (Å²) in [7, 11) is 0. The average Bonchev–Trinajstić information content (AvgIpc) is 3.17. The first-order valence-corrected chi connectivity index (χ1v) is 8.84. The highest BCUT2D eigenvalue weighted by atomic mass is 35.5. The summed E-state index contributed by atoms with van der Waals surface area (Å²) in [6.45, 7) is 0.149. The Morgan fingerprint density at radius 2 is 2.09 bits per heavy atom. The van der Waals surface area contributed by atoms with Crippen LogP contribution in [0.4, 0.5) is 0 Å². The molecule has 2 N–H and O–H groups in total. The molecule has 2 atom stereocenters. The molecule has 0 heterocycles. The normalized spacial score (nSPS) is 25.7.